The van der Waals surface area contributed by atoms with Crippen molar-refractivity contribution >= 4 is 11.9 Å². The Hall–Kier alpha value is -3.46. The normalized spacial score (nSPS) is 9.25. The van der Waals surface area contributed by atoms with Crippen LogP contribution < -0.4 is 18.9 Å². The zero-order valence-corrected chi connectivity index (χ0v) is 13.1. The van der Waals surface area contributed by atoms with E-state index in [2.05, 4.69) is 0 Å². The molecular formula is C18H14O6. The summed E-state index contributed by atoms with van der Waals surface area (Å²) in [6.45, 7) is 0. The van der Waals surface area contributed by atoms with E-state index in [0.29, 0.717) is 23.0 Å². The Labute approximate surface area is 138 Å². The van der Waals surface area contributed by atoms with E-state index < -0.39 is 11.5 Å². The zero-order valence-electron chi connectivity index (χ0n) is 13.1. The third-order valence-corrected chi connectivity index (χ3v) is 2.95. The van der Waals surface area contributed by atoms with E-state index in [9.17, 15) is 9.59 Å². The molecule has 0 radical (unpaired) electrons. The molecule has 0 fully saturated rings. The van der Waals surface area contributed by atoms with Crippen molar-refractivity contribution in [2.75, 3.05) is 14.2 Å². The van der Waals surface area contributed by atoms with Crippen molar-refractivity contribution < 1.29 is 28.5 Å². The van der Waals surface area contributed by atoms with Crippen LogP contribution in [0.4, 0.5) is 0 Å². The molecule has 0 spiro atoms. The predicted molar refractivity (Wildman–Crippen MR) is 85.7 cm³/mol. The van der Waals surface area contributed by atoms with Crippen LogP contribution in [0.5, 0.6) is 23.0 Å². The zero-order chi connectivity index (χ0) is 17.4. The molecule has 0 aliphatic carbocycles. The number of hydrogen-bond donors (Lipinski definition) is 0. The third-order valence-electron chi connectivity index (χ3n) is 2.95. The van der Waals surface area contributed by atoms with Gasteiger partial charge in [-0.25, -0.2) is 9.59 Å². The predicted octanol–water partition coefficient (Wildman–Crippen LogP) is 2.59. The molecule has 0 aliphatic heterocycles. The topological polar surface area (TPSA) is 71.1 Å². The molecule has 0 atom stereocenters. The number of methoxy groups -OCH3 is 2. The van der Waals surface area contributed by atoms with Crippen LogP contribution in [0.2, 0.25) is 0 Å². The second kappa shape index (κ2) is 8.25. The summed E-state index contributed by atoms with van der Waals surface area (Å²) in [5.74, 6) is 4.14. The van der Waals surface area contributed by atoms with Gasteiger partial charge in [0.25, 0.3) is 11.5 Å². The van der Waals surface area contributed by atoms with Gasteiger partial charge in [-0.2, -0.15) is 0 Å². The van der Waals surface area contributed by atoms with Crippen molar-refractivity contribution in [2.45, 2.75) is 0 Å². The summed E-state index contributed by atoms with van der Waals surface area (Å²) in [6.07, 6.45) is 0. The molecule has 2 aromatic carbocycles. The van der Waals surface area contributed by atoms with Crippen molar-refractivity contribution in [3.63, 3.8) is 0 Å². The standard InChI is InChI=1S/C18H14O6/c1-21-13-3-7-15(8-4-13)23-17(11-19)18(12-20)24-16-9-5-14(22-2)6-10-16/h3-10H,1-2H3. The van der Waals surface area contributed by atoms with Gasteiger partial charge in [-0.05, 0) is 48.5 Å². The average molecular weight is 326 g/mol. The van der Waals surface area contributed by atoms with Gasteiger partial charge in [0, 0.05) is 0 Å². The monoisotopic (exact) mass is 326 g/mol. The highest BCUT2D eigenvalue weighted by atomic mass is 16.5. The van der Waals surface area contributed by atoms with Gasteiger partial charge in [0.2, 0.25) is 0 Å². The lowest BCUT2D eigenvalue weighted by Crippen LogP contribution is -2.07. The number of hydrogen-bond acceptors (Lipinski definition) is 6. The minimum absolute atomic E-state index is 0.320. The highest BCUT2D eigenvalue weighted by molar-refractivity contribution is 5.68. The van der Waals surface area contributed by atoms with Crippen LogP contribution in [0.15, 0.2) is 60.0 Å². The molecule has 2 aromatic rings. The van der Waals surface area contributed by atoms with Crippen molar-refractivity contribution in [1.29, 1.82) is 0 Å². The molecule has 6 heteroatoms. The van der Waals surface area contributed by atoms with Gasteiger partial charge in [0.15, 0.2) is 11.9 Å². The maximum atomic E-state index is 11.1. The van der Waals surface area contributed by atoms with Crippen molar-refractivity contribution in [3.05, 3.63) is 60.0 Å². The molecular weight excluding hydrogens is 312 g/mol. The second-order valence-electron chi connectivity index (χ2n) is 4.42. The molecule has 0 heterocycles. The number of rotatable bonds is 7. The Morgan fingerprint density at radius 2 is 0.917 bits per heavy atom. The van der Waals surface area contributed by atoms with Crippen LogP contribution in [0, 0.1) is 0 Å². The number of carbonyl (C=O) groups excluding carboxylic acids is 2. The molecule has 0 N–H and O–H groups in total. The molecule has 0 saturated heterocycles. The molecule has 6 nitrogen and oxygen atoms in total. The number of benzene rings is 2. The maximum Gasteiger partial charge on any atom is 0.264 e. The van der Waals surface area contributed by atoms with Crippen LogP contribution in [0.1, 0.15) is 0 Å². The Bertz CT molecular complexity index is 710. The summed E-state index contributed by atoms with van der Waals surface area (Å²) in [7, 11) is 3.06. The first kappa shape index (κ1) is 16.9. The van der Waals surface area contributed by atoms with E-state index in [4.69, 9.17) is 18.9 Å². The van der Waals surface area contributed by atoms with E-state index in [0.717, 1.165) is 0 Å². The average Bonchev–Trinajstić information content (AvgIpc) is 2.65. The van der Waals surface area contributed by atoms with Gasteiger partial charge in [-0.15, -0.1) is 0 Å². The largest absolute Gasteiger partial charge is 0.497 e. The summed E-state index contributed by atoms with van der Waals surface area (Å²) < 4.78 is 20.7. The van der Waals surface area contributed by atoms with Gasteiger partial charge >= 0.3 is 0 Å². The summed E-state index contributed by atoms with van der Waals surface area (Å²) in [4.78, 5) is 22.2. The van der Waals surface area contributed by atoms with Gasteiger partial charge < -0.3 is 18.9 Å². The van der Waals surface area contributed by atoms with E-state index in [1.165, 1.54) is 26.1 Å². The fourth-order valence-electron chi connectivity index (χ4n) is 1.75. The van der Waals surface area contributed by atoms with Gasteiger partial charge in [-0.1, -0.05) is 0 Å². The molecule has 2 rings (SSSR count). The molecule has 0 saturated carbocycles. The first-order valence-corrected chi connectivity index (χ1v) is 6.84. The molecule has 24 heavy (non-hydrogen) atoms. The fraction of sp³-hybridized carbons (Fsp3) is 0.111. The van der Waals surface area contributed by atoms with Crippen LogP contribution in [-0.4, -0.2) is 26.1 Å². The maximum absolute atomic E-state index is 11.1. The van der Waals surface area contributed by atoms with E-state index >= 15 is 0 Å². The minimum atomic E-state index is -0.411. The molecule has 0 amide bonds. The van der Waals surface area contributed by atoms with E-state index in [1.807, 2.05) is 0 Å². The highest BCUT2D eigenvalue weighted by Gasteiger charge is 2.14. The van der Waals surface area contributed by atoms with Gasteiger partial charge in [0.05, 0.1) is 14.2 Å². The summed E-state index contributed by atoms with van der Waals surface area (Å²) in [5, 5.41) is 0. The van der Waals surface area contributed by atoms with E-state index in [1.54, 1.807) is 48.5 Å². The lowest BCUT2D eigenvalue weighted by molar-refractivity contribution is 0.350. The molecule has 122 valence electrons. The lowest BCUT2D eigenvalue weighted by atomic mass is 10.3. The van der Waals surface area contributed by atoms with Crippen LogP contribution in [-0.2, 0) is 9.59 Å². The summed E-state index contributed by atoms with van der Waals surface area (Å²) in [5.41, 5.74) is 0. The molecule has 0 bridgehead atoms. The second-order valence-corrected chi connectivity index (χ2v) is 4.42. The summed E-state index contributed by atoms with van der Waals surface area (Å²) in [6, 6.07) is 12.9. The van der Waals surface area contributed by atoms with Crippen LogP contribution >= 0.6 is 0 Å². The smallest absolute Gasteiger partial charge is 0.264 e. The van der Waals surface area contributed by atoms with Gasteiger partial charge in [0.1, 0.15) is 23.0 Å². The van der Waals surface area contributed by atoms with E-state index in [-0.39, 0.29) is 0 Å². The first-order chi connectivity index (χ1) is 11.7. The molecule has 0 aromatic heterocycles. The summed E-state index contributed by atoms with van der Waals surface area (Å²) >= 11 is 0. The van der Waals surface area contributed by atoms with Gasteiger partial charge in [-0.3, -0.25) is 0 Å². The first-order valence-electron chi connectivity index (χ1n) is 6.84. The third kappa shape index (κ3) is 4.27. The molecule has 0 aliphatic rings. The SMILES string of the molecule is COc1ccc(OC(=C=O)C(=C=O)Oc2ccc(OC)cc2)cc1. The number of ether oxygens (including phenoxy) is 4. The Morgan fingerprint density at radius 3 is 1.17 bits per heavy atom. The Morgan fingerprint density at radius 1 is 0.625 bits per heavy atom. The lowest BCUT2D eigenvalue weighted by Gasteiger charge is -2.10. The fourth-order valence-corrected chi connectivity index (χ4v) is 1.75. The van der Waals surface area contributed by atoms with Crippen LogP contribution in [0.25, 0.3) is 0 Å². The quantitative estimate of drug-likeness (QED) is 0.442. The highest BCUT2D eigenvalue weighted by Crippen LogP contribution is 2.23. The van der Waals surface area contributed by atoms with Crippen molar-refractivity contribution in [2.24, 2.45) is 0 Å². The Balaban J connectivity index is 2.14. The minimum Gasteiger partial charge on any atom is -0.497 e. The van der Waals surface area contributed by atoms with Crippen molar-refractivity contribution in [3.8, 4) is 23.0 Å². The van der Waals surface area contributed by atoms with Crippen molar-refractivity contribution in [1.82, 2.24) is 0 Å². The van der Waals surface area contributed by atoms with Crippen LogP contribution in [0.3, 0.4) is 0 Å². The Kier molecular flexibility index (Phi) is 5.81. The molecule has 0 unspecified atom stereocenters.